The molecule has 0 fully saturated rings. The van der Waals surface area contributed by atoms with Crippen LogP contribution >= 0.6 is 0 Å². The summed E-state index contributed by atoms with van der Waals surface area (Å²) in [6, 6.07) is 15.8. The van der Waals surface area contributed by atoms with Crippen molar-refractivity contribution in [3.63, 3.8) is 0 Å². The number of para-hydroxylation sites is 1. The van der Waals surface area contributed by atoms with Gasteiger partial charge in [0.25, 0.3) is 5.91 Å². The molecule has 1 amide bonds. The number of carbonyl (C=O) groups excluding carboxylic acids is 1. The van der Waals surface area contributed by atoms with Crippen LogP contribution in [0.4, 0.5) is 5.69 Å². The molecule has 0 aliphatic heterocycles. The van der Waals surface area contributed by atoms with Crippen molar-refractivity contribution in [1.29, 1.82) is 0 Å². The van der Waals surface area contributed by atoms with Crippen molar-refractivity contribution in [2.45, 2.75) is 43.8 Å². The highest BCUT2D eigenvalue weighted by atomic mass is 32.2. The highest BCUT2D eigenvalue weighted by Gasteiger charge is 2.21. The summed E-state index contributed by atoms with van der Waals surface area (Å²) < 4.78 is 24.4. The van der Waals surface area contributed by atoms with Crippen LogP contribution in [0.3, 0.4) is 0 Å². The Hall–Kier alpha value is -2.14. The van der Waals surface area contributed by atoms with E-state index in [2.05, 4.69) is 6.92 Å². The second-order valence-electron chi connectivity index (χ2n) is 6.26. The zero-order valence-corrected chi connectivity index (χ0v) is 15.8. The Labute approximate surface area is 150 Å². The van der Waals surface area contributed by atoms with Gasteiger partial charge in [0.05, 0.1) is 10.1 Å². The van der Waals surface area contributed by atoms with Crippen molar-refractivity contribution in [2.75, 3.05) is 11.4 Å². The van der Waals surface area contributed by atoms with E-state index in [4.69, 9.17) is 0 Å². The van der Waals surface area contributed by atoms with Gasteiger partial charge >= 0.3 is 0 Å². The molecule has 0 atom stereocenters. The van der Waals surface area contributed by atoms with Gasteiger partial charge in [0.1, 0.15) is 0 Å². The second-order valence-corrected chi connectivity index (χ2v) is 8.77. The Balaban J connectivity index is 2.30. The summed E-state index contributed by atoms with van der Waals surface area (Å²) in [6.07, 6.45) is 1.89. The molecule has 0 saturated heterocycles. The van der Waals surface area contributed by atoms with Crippen LogP contribution in [-0.4, -0.2) is 26.1 Å². The third kappa shape index (κ3) is 4.48. The van der Waals surface area contributed by atoms with Crippen LogP contribution in [-0.2, 0) is 9.84 Å². The van der Waals surface area contributed by atoms with Crippen molar-refractivity contribution in [2.24, 2.45) is 0 Å². The maximum atomic E-state index is 12.9. The number of hydrogen-bond acceptors (Lipinski definition) is 3. The van der Waals surface area contributed by atoms with Gasteiger partial charge in [0.2, 0.25) is 0 Å². The minimum absolute atomic E-state index is 0.117. The lowest BCUT2D eigenvalue weighted by Gasteiger charge is -2.23. The molecule has 0 aliphatic carbocycles. The molecular formula is C20H25NO3S. The molecule has 2 aromatic rings. The standard InChI is InChI=1S/C20H25NO3S/c1-4-5-15-21(18-9-7-6-8-10-18)20(22)17-11-13-19(14-12-17)25(23,24)16(2)3/h6-14,16H,4-5,15H2,1-3H3. The molecule has 2 aromatic carbocycles. The number of benzene rings is 2. The fourth-order valence-electron chi connectivity index (χ4n) is 2.49. The maximum absolute atomic E-state index is 12.9. The van der Waals surface area contributed by atoms with Crippen LogP contribution in [0.1, 0.15) is 44.0 Å². The van der Waals surface area contributed by atoms with Crippen LogP contribution < -0.4 is 4.90 Å². The van der Waals surface area contributed by atoms with E-state index >= 15 is 0 Å². The van der Waals surface area contributed by atoms with Gasteiger partial charge in [-0.25, -0.2) is 8.42 Å². The first kappa shape index (κ1) is 19.2. The van der Waals surface area contributed by atoms with Gasteiger partial charge in [0, 0.05) is 17.8 Å². The summed E-state index contributed by atoms with van der Waals surface area (Å²) >= 11 is 0. The Morgan fingerprint density at radius 1 is 1.00 bits per heavy atom. The van der Waals surface area contributed by atoms with E-state index in [-0.39, 0.29) is 10.8 Å². The first-order valence-electron chi connectivity index (χ1n) is 8.58. The molecule has 2 rings (SSSR count). The number of rotatable bonds is 7. The normalized spacial score (nSPS) is 11.5. The van der Waals surface area contributed by atoms with Gasteiger partial charge in [-0.15, -0.1) is 0 Å². The third-order valence-corrected chi connectivity index (χ3v) is 6.27. The summed E-state index contributed by atoms with van der Waals surface area (Å²) in [5.74, 6) is -0.117. The molecular weight excluding hydrogens is 334 g/mol. The van der Waals surface area contributed by atoms with Crippen LogP contribution in [0.5, 0.6) is 0 Å². The van der Waals surface area contributed by atoms with Crippen LogP contribution in [0.2, 0.25) is 0 Å². The lowest BCUT2D eigenvalue weighted by Crippen LogP contribution is -2.31. The largest absolute Gasteiger partial charge is 0.308 e. The number of hydrogen-bond donors (Lipinski definition) is 0. The van der Waals surface area contributed by atoms with Crippen LogP contribution in [0.25, 0.3) is 0 Å². The minimum Gasteiger partial charge on any atom is -0.308 e. The molecule has 0 bridgehead atoms. The molecule has 0 aromatic heterocycles. The fraction of sp³-hybridized carbons (Fsp3) is 0.350. The molecule has 0 N–H and O–H groups in total. The quantitative estimate of drug-likeness (QED) is 0.740. The second kappa shape index (κ2) is 8.30. The Morgan fingerprint density at radius 2 is 1.60 bits per heavy atom. The molecule has 0 unspecified atom stereocenters. The van der Waals surface area contributed by atoms with Gasteiger partial charge < -0.3 is 4.90 Å². The summed E-state index contributed by atoms with van der Waals surface area (Å²) in [4.78, 5) is 14.9. The molecule has 4 nitrogen and oxygen atoms in total. The van der Waals surface area contributed by atoms with E-state index in [1.807, 2.05) is 30.3 Å². The predicted molar refractivity (Wildman–Crippen MR) is 102 cm³/mol. The van der Waals surface area contributed by atoms with Gasteiger partial charge in [-0.2, -0.15) is 0 Å². The topological polar surface area (TPSA) is 54.5 Å². The van der Waals surface area contributed by atoms with Crippen molar-refractivity contribution < 1.29 is 13.2 Å². The molecule has 0 aliphatic rings. The van der Waals surface area contributed by atoms with E-state index in [0.29, 0.717) is 12.1 Å². The van der Waals surface area contributed by atoms with Crippen LogP contribution in [0.15, 0.2) is 59.5 Å². The van der Waals surface area contributed by atoms with E-state index < -0.39 is 15.1 Å². The summed E-state index contributed by atoms with van der Waals surface area (Å²) in [7, 11) is -3.33. The van der Waals surface area contributed by atoms with E-state index in [1.165, 1.54) is 12.1 Å². The monoisotopic (exact) mass is 359 g/mol. The summed E-state index contributed by atoms with van der Waals surface area (Å²) in [5.41, 5.74) is 1.34. The van der Waals surface area contributed by atoms with E-state index in [0.717, 1.165) is 18.5 Å². The molecule has 0 saturated carbocycles. The lowest BCUT2D eigenvalue weighted by atomic mass is 10.1. The average molecular weight is 359 g/mol. The average Bonchev–Trinajstić information content (AvgIpc) is 2.62. The first-order chi connectivity index (χ1) is 11.9. The lowest BCUT2D eigenvalue weighted by molar-refractivity contribution is 0.0986. The highest BCUT2D eigenvalue weighted by molar-refractivity contribution is 7.92. The summed E-state index contributed by atoms with van der Waals surface area (Å²) in [5, 5.41) is -0.487. The van der Waals surface area contributed by atoms with Gasteiger partial charge in [-0.1, -0.05) is 31.5 Å². The van der Waals surface area contributed by atoms with Crippen molar-refractivity contribution in [1.82, 2.24) is 0 Å². The van der Waals surface area contributed by atoms with E-state index in [1.54, 1.807) is 30.9 Å². The van der Waals surface area contributed by atoms with Crippen molar-refractivity contribution in [3.05, 3.63) is 60.2 Å². The smallest absolute Gasteiger partial charge is 0.258 e. The third-order valence-electron chi connectivity index (χ3n) is 4.10. The molecule has 25 heavy (non-hydrogen) atoms. The number of carbonyl (C=O) groups is 1. The molecule has 134 valence electrons. The molecule has 0 heterocycles. The zero-order valence-electron chi connectivity index (χ0n) is 15.0. The summed E-state index contributed by atoms with van der Waals surface area (Å²) in [6.45, 7) is 6.01. The number of unbranched alkanes of at least 4 members (excludes halogenated alkanes) is 1. The van der Waals surface area contributed by atoms with E-state index in [9.17, 15) is 13.2 Å². The molecule has 0 spiro atoms. The fourth-order valence-corrected chi connectivity index (χ4v) is 3.55. The van der Waals surface area contributed by atoms with Crippen molar-refractivity contribution >= 4 is 21.4 Å². The highest BCUT2D eigenvalue weighted by Crippen LogP contribution is 2.20. The Bertz CT molecular complexity index is 797. The number of sulfone groups is 1. The Morgan fingerprint density at radius 3 is 2.12 bits per heavy atom. The molecule has 0 radical (unpaired) electrons. The SMILES string of the molecule is CCCCN(C(=O)c1ccc(S(=O)(=O)C(C)C)cc1)c1ccccc1. The van der Waals surface area contributed by atoms with Crippen molar-refractivity contribution in [3.8, 4) is 0 Å². The van der Waals surface area contributed by atoms with Gasteiger partial charge in [-0.3, -0.25) is 4.79 Å². The van der Waals surface area contributed by atoms with Gasteiger partial charge in [-0.05, 0) is 56.7 Å². The number of nitrogens with zero attached hydrogens (tertiary/aromatic N) is 1. The van der Waals surface area contributed by atoms with Gasteiger partial charge in [0.15, 0.2) is 9.84 Å². The molecule has 5 heteroatoms. The zero-order chi connectivity index (χ0) is 18.4. The predicted octanol–water partition coefficient (Wildman–Crippen LogP) is 4.32. The first-order valence-corrected chi connectivity index (χ1v) is 10.1. The minimum atomic E-state index is -3.33. The maximum Gasteiger partial charge on any atom is 0.258 e. The van der Waals surface area contributed by atoms with Crippen LogP contribution in [0, 0.1) is 0 Å². The number of amides is 1. The number of anilines is 1. The Kier molecular flexibility index (Phi) is 6.37.